The van der Waals surface area contributed by atoms with Crippen molar-refractivity contribution in [2.24, 2.45) is 11.8 Å². The van der Waals surface area contributed by atoms with Crippen LogP contribution < -0.4 is 0 Å². The molecule has 0 heterocycles. The third kappa shape index (κ3) is 3.92. The first-order valence-corrected chi connectivity index (χ1v) is 7.44. The Bertz CT molecular complexity index is 447. The average molecular weight is 274 g/mol. The lowest BCUT2D eigenvalue weighted by Crippen LogP contribution is -2.26. The number of benzene rings is 1. The molecule has 3 heteroatoms. The van der Waals surface area contributed by atoms with Crippen molar-refractivity contribution in [1.82, 2.24) is 0 Å². The van der Waals surface area contributed by atoms with E-state index in [2.05, 4.69) is 0 Å². The Morgan fingerprint density at radius 3 is 2.45 bits per heavy atom. The van der Waals surface area contributed by atoms with Crippen LogP contribution in [0.15, 0.2) is 30.3 Å². The zero-order valence-corrected chi connectivity index (χ0v) is 12.0. The van der Waals surface area contributed by atoms with Gasteiger partial charge in [-0.05, 0) is 25.7 Å². The predicted molar refractivity (Wildman–Crippen MR) is 77.5 cm³/mol. The Morgan fingerprint density at radius 2 is 1.80 bits per heavy atom. The molecule has 1 aromatic rings. The number of ketones is 1. The van der Waals surface area contributed by atoms with E-state index < -0.39 is 11.9 Å². The molecule has 3 nitrogen and oxygen atoms in total. The maximum Gasteiger partial charge on any atom is 0.316 e. The molecule has 1 aliphatic carbocycles. The summed E-state index contributed by atoms with van der Waals surface area (Å²) in [5.41, 5.74) is 0.564. The van der Waals surface area contributed by atoms with Gasteiger partial charge in [0.2, 0.25) is 0 Å². The first-order valence-electron chi connectivity index (χ1n) is 7.44. The van der Waals surface area contributed by atoms with Crippen LogP contribution in [0.4, 0.5) is 0 Å². The zero-order valence-electron chi connectivity index (χ0n) is 12.0. The summed E-state index contributed by atoms with van der Waals surface area (Å²) in [5, 5.41) is 0. The van der Waals surface area contributed by atoms with Gasteiger partial charge in [-0.15, -0.1) is 0 Å². The van der Waals surface area contributed by atoms with Gasteiger partial charge in [-0.1, -0.05) is 49.6 Å². The molecule has 0 bridgehead atoms. The highest BCUT2D eigenvalue weighted by atomic mass is 16.5. The van der Waals surface area contributed by atoms with Gasteiger partial charge in [-0.25, -0.2) is 0 Å². The Hall–Kier alpha value is -1.64. The SMILES string of the molecule is CC(C(=O)OCC1CCCCC1)C(=O)c1ccccc1. The molecule has 108 valence electrons. The molecule has 1 aliphatic rings. The average Bonchev–Trinajstić information content (AvgIpc) is 2.53. The maximum absolute atomic E-state index is 12.1. The van der Waals surface area contributed by atoms with Gasteiger partial charge >= 0.3 is 5.97 Å². The lowest BCUT2D eigenvalue weighted by Gasteiger charge is -2.21. The van der Waals surface area contributed by atoms with Crippen LogP contribution in [0.1, 0.15) is 49.4 Å². The van der Waals surface area contributed by atoms with E-state index in [9.17, 15) is 9.59 Å². The van der Waals surface area contributed by atoms with Crippen molar-refractivity contribution < 1.29 is 14.3 Å². The molecule has 1 fully saturated rings. The van der Waals surface area contributed by atoms with Crippen LogP contribution in [0.2, 0.25) is 0 Å². The van der Waals surface area contributed by atoms with E-state index in [1.54, 1.807) is 31.2 Å². The number of carbonyl (C=O) groups is 2. The van der Waals surface area contributed by atoms with E-state index in [0.717, 1.165) is 12.8 Å². The van der Waals surface area contributed by atoms with E-state index in [4.69, 9.17) is 4.74 Å². The second-order valence-electron chi connectivity index (χ2n) is 5.59. The van der Waals surface area contributed by atoms with Crippen LogP contribution >= 0.6 is 0 Å². The monoisotopic (exact) mass is 274 g/mol. The minimum Gasteiger partial charge on any atom is -0.465 e. The highest BCUT2D eigenvalue weighted by molar-refractivity contribution is 6.08. The van der Waals surface area contributed by atoms with Crippen LogP contribution in [0.3, 0.4) is 0 Å². The van der Waals surface area contributed by atoms with Crippen LogP contribution in [-0.4, -0.2) is 18.4 Å². The fourth-order valence-electron chi connectivity index (χ4n) is 2.64. The smallest absolute Gasteiger partial charge is 0.316 e. The number of ether oxygens (including phenoxy) is 1. The van der Waals surface area contributed by atoms with Crippen molar-refractivity contribution in [2.45, 2.75) is 39.0 Å². The molecule has 1 atom stereocenters. The minimum absolute atomic E-state index is 0.167. The van der Waals surface area contributed by atoms with Crippen LogP contribution in [-0.2, 0) is 9.53 Å². The van der Waals surface area contributed by atoms with E-state index in [1.807, 2.05) is 6.07 Å². The zero-order chi connectivity index (χ0) is 14.4. The van der Waals surface area contributed by atoms with Gasteiger partial charge in [-0.2, -0.15) is 0 Å². The van der Waals surface area contributed by atoms with Gasteiger partial charge in [0, 0.05) is 5.56 Å². The third-order valence-electron chi connectivity index (χ3n) is 3.99. The summed E-state index contributed by atoms with van der Waals surface area (Å²) in [6.45, 7) is 2.09. The van der Waals surface area contributed by atoms with Crippen LogP contribution in [0.25, 0.3) is 0 Å². The van der Waals surface area contributed by atoms with Gasteiger partial charge in [0.1, 0.15) is 5.92 Å². The number of rotatable bonds is 5. The molecule has 0 aliphatic heterocycles. The molecule has 1 saturated carbocycles. The first kappa shape index (κ1) is 14.8. The Kier molecular flexibility index (Phi) is 5.33. The fourth-order valence-corrected chi connectivity index (χ4v) is 2.64. The van der Waals surface area contributed by atoms with Crippen molar-refractivity contribution >= 4 is 11.8 Å². The molecule has 0 radical (unpaired) electrons. The summed E-state index contributed by atoms with van der Waals surface area (Å²) in [7, 11) is 0. The van der Waals surface area contributed by atoms with Crippen molar-refractivity contribution in [2.75, 3.05) is 6.61 Å². The summed E-state index contributed by atoms with van der Waals surface area (Å²) in [4.78, 5) is 24.1. The summed E-state index contributed by atoms with van der Waals surface area (Å²) in [6, 6.07) is 8.91. The van der Waals surface area contributed by atoms with E-state index in [-0.39, 0.29) is 5.78 Å². The first-order chi connectivity index (χ1) is 9.68. The number of carbonyl (C=O) groups excluding carboxylic acids is 2. The van der Waals surface area contributed by atoms with Gasteiger partial charge in [-0.3, -0.25) is 9.59 Å². The Balaban J connectivity index is 1.83. The second-order valence-corrected chi connectivity index (χ2v) is 5.59. The third-order valence-corrected chi connectivity index (χ3v) is 3.99. The normalized spacial score (nSPS) is 17.4. The van der Waals surface area contributed by atoms with Crippen molar-refractivity contribution in [3.8, 4) is 0 Å². The number of Topliss-reactive ketones (excluding diaryl/α,β-unsaturated/α-hetero) is 1. The predicted octanol–water partition coefficient (Wildman–Crippen LogP) is 3.63. The molecule has 1 aromatic carbocycles. The van der Waals surface area contributed by atoms with Gasteiger partial charge in [0.15, 0.2) is 5.78 Å². The largest absolute Gasteiger partial charge is 0.465 e. The number of hydrogen-bond donors (Lipinski definition) is 0. The maximum atomic E-state index is 12.1. The lowest BCUT2D eigenvalue weighted by molar-refractivity contribution is -0.147. The highest BCUT2D eigenvalue weighted by Crippen LogP contribution is 2.24. The van der Waals surface area contributed by atoms with Crippen molar-refractivity contribution in [1.29, 1.82) is 0 Å². The molecule has 2 rings (SSSR count). The summed E-state index contributed by atoms with van der Waals surface area (Å²) in [5.74, 6) is -0.809. The molecule has 0 saturated heterocycles. The molecule has 20 heavy (non-hydrogen) atoms. The van der Waals surface area contributed by atoms with E-state index in [0.29, 0.717) is 18.1 Å². The molecular formula is C17H22O3. The van der Waals surface area contributed by atoms with Gasteiger partial charge in [0.25, 0.3) is 0 Å². The second kappa shape index (κ2) is 7.22. The summed E-state index contributed by atoms with van der Waals surface area (Å²) < 4.78 is 5.33. The molecular weight excluding hydrogens is 252 g/mol. The minimum atomic E-state index is -0.721. The number of hydrogen-bond acceptors (Lipinski definition) is 3. The number of esters is 1. The molecule has 1 unspecified atom stereocenters. The Labute approximate surface area is 120 Å². The standard InChI is InChI=1S/C17H22O3/c1-13(16(18)15-10-6-3-7-11-15)17(19)20-12-14-8-4-2-5-9-14/h3,6-7,10-11,13-14H,2,4-5,8-9,12H2,1H3. The Morgan fingerprint density at radius 1 is 1.15 bits per heavy atom. The molecule has 0 N–H and O–H groups in total. The summed E-state index contributed by atoms with van der Waals surface area (Å²) >= 11 is 0. The lowest BCUT2D eigenvalue weighted by atomic mass is 9.90. The molecule has 0 aromatic heterocycles. The van der Waals surface area contributed by atoms with Gasteiger partial charge in [0.05, 0.1) is 6.61 Å². The topological polar surface area (TPSA) is 43.4 Å². The van der Waals surface area contributed by atoms with Crippen molar-refractivity contribution in [3.63, 3.8) is 0 Å². The molecule has 0 spiro atoms. The van der Waals surface area contributed by atoms with E-state index in [1.165, 1.54) is 19.3 Å². The quantitative estimate of drug-likeness (QED) is 0.468. The molecule has 0 amide bonds. The fraction of sp³-hybridized carbons (Fsp3) is 0.529. The highest BCUT2D eigenvalue weighted by Gasteiger charge is 2.25. The van der Waals surface area contributed by atoms with E-state index >= 15 is 0 Å². The van der Waals surface area contributed by atoms with Crippen molar-refractivity contribution in [3.05, 3.63) is 35.9 Å². The summed E-state index contributed by atoms with van der Waals surface area (Å²) in [6.07, 6.45) is 6.00. The van der Waals surface area contributed by atoms with Gasteiger partial charge < -0.3 is 4.74 Å². The van der Waals surface area contributed by atoms with Crippen LogP contribution in [0.5, 0.6) is 0 Å². The van der Waals surface area contributed by atoms with Crippen LogP contribution in [0, 0.1) is 11.8 Å².